The van der Waals surface area contributed by atoms with Gasteiger partial charge in [0.05, 0.1) is 18.2 Å². The Kier molecular flexibility index (Phi) is 7.29. The zero-order chi connectivity index (χ0) is 21.8. The number of nitrogen functional groups attached to an aromatic ring is 1. The van der Waals surface area contributed by atoms with E-state index in [-0.39, 0.29) is 23.9 Å². The molecule has 0 fully saturated rings. The number of unbranched alkanes of at least 4 members (excludes halogenated alkanes) is 1. The maximum Gasteiger partial charge on any atom is 0.416 e. The Morgan fingerprint density at radius 1 is 1.24 bits per heavy atom. The van der Waals surface area contributed by atoms with Gasteiger partial charge in [0.25, 0.3) is 5.91 Å². The molecule has 2 aromatic rings. The van der Waals surface area contributed by atoms with E-state index < -0.39 is 23.7 Å². The minimum absolute atomic E-state index is 0.0662. The molecule has 2 rings (SSSR count). The lowest BCUT2D eigenvalue weighted by molar-refractivity contribution is -0.137. The van der Waals surface area contributed by atoms with Crippen molar-refractivity contribution in [2.24, 2.45) is 11.7 Å². The van der Waals surface area contributed by atoms with Gasteiger partial charge in [0.2, 0.25) is 0 Å². The molecule has 0 spiro atoms. The number of carbonyl (C=O) groups is 1. The van der Waals surface area contributed by atoms with Crippen LogP contribution >= 0.6 is 0 Å². The number of aromatic nitrogens is 2. The summed E-state index contributed by atoms with van der Waals surface area (Å²) in [5.41, 5.74) is 11.9. The minimum Gasteiger partial charge on any atom is -0.383 e. The van der Waals surface area contributed by atoms with Crippen molar-refractivity contribution < 1.29 is 22.7 Å². The Morgan fingerprint density at radius 3 is 2.34 bits per heavy atom. The van der Waals surface area contributed by atoms with Gasteiger partial charge in [0.1, 0.15) is 17.1 Å². The number of carbonyl (C=O) groups excluding carboxylic acids is 1. The second kappa shape index (κ2) is 9.30. The molecule has 0 aliphatic carbocycles. The summed E-state index contributed by atoms with van der Waals surface area (Å²) in [6.07, 6.45) is -2.59. The van der Waals surface area contributed by atoms with Crippen LogP contribution in [0.2, 0.25) is 0 Å². The molecule has 1 heterocycles. The van der Waals surface area contributed by atoms with Crippen LogP contribution in [0.25, 0.3) is 0 Å². The zero-order valence-corrected chi connectivity index (χ0v) is 16.8. The maximum absolute atomic E-state index is 12.9. The van der Waals surface area contributed by atoms with Crippen LogP contribution in [-0.4, -0.2) is 22.3 Å². The normalized spacial score (nSPS) is 13.1. The van der Waals surface area contributed by atoms with Crippen LogP contribution in [0.5, 0.6) is 0 Å². The van der Waals surface area contributed by atoms with E-state index in [1.807, 2.05) is 20.8 Å². The van der Waals surface area contributed by atoms with E-state index in [4.69, 9.17) is 16.2 Å². The van der Waals surface area contributed by atoms with E-state index in [1.54, 1.807) is 0 Å². The van der Waals surface area contributed by atoms with Crippen molar-refractivity contribution in [2.45, 2.75) is 52.4 Å². The number of ether oxygens (including phenoxy) is 1. The van der Waals surface area contributed by atoms with Crippen molar-refractivity contribution in [3.05, 3.63) is 46.6 Å². The smallest absolute Gasteiger partial charge is 0.383 e. The van der Waals surface area contributed by atoms with Gasteiger partial charge in [0, 0.05) is 6.61 Å². The van der Waals surface area contributed by atoms with Gasteiger partial charge < -0.3 is 16.2 Å². The van der Waals surface area contributed by atoms with E-state index in [0.717, 1.165) is 25.0 Å². The average molecular weight is 412 g/mol. The number of amides is 1. The van der Waals surface area contributed by atoms with E-state index in [9.17, 15) is 18.0 Å². The van der Waals surface area contributed by atoms with Crippen LogP contribution in [0.15, 0.2) is 24.3 Å². The molecule has 0 saturated carbocycles. The van der Waals surface area contributed by atoms with Crippen LogP contribution in [0.4, 0.5) is 19.0 Å². The van der Waals surface area contributed by atoms with Gasteiger partial charge in [-0.25, -0.2) is 4.68 Å². The van der Waals surface area contributed by atoms with E-state index in [1.165, 1.54) is 16.8 Å². The highest BCUT2D eigenvalue weighted by Gasteiger charge is 2.31. The van der Waals surface area contributed by atoms with Gasteiger partial charge in [-0.1, -0.05) is 39.3 Å². The SMILES string of the molecule is CCCCOCc1nn(C(c2ccc(C(F)(F)F)cc2)C(C)C)c(N)c1C(N)=O. The van der Waals surface area contributed by atoms with Crippen LogP contribution < -0.4 is 11.5 Å². The van der Waals surface area contributed by atoms with Crippen molar-refractivity contribution in [3.8, 4) is 0 Å². The predicted molar refractivity (Wildman–Crippen MR) is 104 cm³/mol. The Labute approximate surface area is 168 Å². The van der Waals surface area contributed by atoms with Crippen molar-refractivity contribution in [1.29, 1.82) is 0 Å². The van der Waals surface area contributed by atoms with Gasteiger partial charge in [-0.2, -0.15) is 18.3 Å². The molecule has 9 heteroatoms. The number of benzene rings is 1. The number of anilines is 1. The molecule has 1 amide bonds. The highest BCUT2D eigenvalue weighted by molar-refractivity contribution is 5.98. The Bertz CT molecular complexity index is 829. The lowest BCUT2D eigenvalue weighted by Gasteiger charge is -2.23. The first-order valence-corrected chi connectivity index (χ1v) is 9.49. The quantitative estimate of drug-likeness (QED) is 0.605. The molecule has 0 aliphatic rings. The molecule has 0 radical (unpaired) electrons. The third kappa shape index (κ3) is 5.29. The fraction of sp³-hybridized carbons (Fsp3) is 0.500. The van der Waals surface area contributed by atoms with Crippen molar-refractivity contribution in [3.63, 3.8) is 0 Å². The van der Waals surface area contributed by atoms with Gasteiger partial charge >= 0.3 is 6.18 Å². The van der Waals surface area contributed by atoms with Crippen molar-refractivity contribution in [2.75, 3.05) is 12.3 Å². The van der Waals surface area contributed by atoms with E-state index >= 15 is 0 Å². The molecule has 0 bridgehead atoms. The Balaban J connectivity index is 2.43. The second-order valence-electron chi connectivity index (χ2n) is 7.23. The van der Waals surface area contributed by atoms with E-state index in [2.05, 4.69) is 5.10 Å². The lowest BCUT2D eigenvalue weighted by Crippen LogP contribution is -2.21. The van der Waals surface area contributed by atoms with Crippen LogP contribution in [-0.2, 0) is 17.5 Å². The van der Waals surface area contributed by atoms with E-state index in [0.29, 0.717) is 17.9 Å². The number of alkyl halides is 3. The highest BCUT2D eigenvalue weighted by atomic mass is 19.4. The first-order chi connectivity index (χ1) is 13.6. The molecule has 1 aromatic heterocycles. The molecule has 0 saturated heterocycles. The molecule has 160 valence electrons. The van der Waals surface area contributed by atoms with Crippen molar-refractivity contribution >= 4 is 11.7 Å². The maximum atomic E-state index is 12.9. The Morgan fingerprint density at radius 2 is 1.86 bits per heavy atom. The first-order valence-electron chi connectivity index (χ1n) is 9.49. The zero-order valence-electron chi connectivity index (χ0n) is 16.8. The summed E-state index contributed by atoms with van der Waals surface area (Å²) in [6, 6.07) is 4.37. The van der Waals surface area contributed by atoms with Crippen LogP contribution in [0.1, 0.15) is 66.8 Å². The molecule has 0 aliphatic heterocycles. The number of rotatable bonds is 9. The number of primary amides is 1. The second-order valence-corrected chi connectivity index (χ2v) is 7.23. The largest absolute Gasteiger partial charge is 0.416 e. The standard InChI is InChI=1S/C20H27F3N4O2/c1-4-5-10-29-11-15-16(19(25)28)18(24)27(26-15)17(12(2)3)13-6-8-14(9-7-13)20(21,22)23/h6-9,12,17H,4-5,10-11,24H2,1-3H3,(H2,25,28). The van der Waals surface area contributed by atoms with Crippen LogP contribution in [0, 0.1) is 5.92 Å². The minimum atomic E-state index is -4.42. The molecule has 1 unspecified atom stereocenters. The average Bonchev–Trinajstić information content (AvgIpc) is 2.94. The van der Waals surface area contributed by atoms with Crippen molar-refractivity contribution in [1.82, 2.24) is 9.78 Å². The summed E-state index contributed by atoms with van der Waals surface area (Å²) >= 11 is 0. The predicted octanol–water partition coefficient (Wildman–Crippen LogP) is 4.15. The van der Waals surface area contributed by atoms with Gasteiger partial charge in [-0.05, 0) is 30.0 Å². The summed E-state index contributed by atoms with van der Waals surface area (Å²) in [5.74, 6) is -0.716. The third-order valence-corrected chi connectivity index (χ3v) is 4.62. The fourth-order valence-corrected chi connectivity index (χ4v) is 3.17. The monoisotopic (exact) mass is 412 g/mol. The van der Waals surface area contributed by atoms with Gasteiger partial charge in [-0.3, -0.25) is 4.79 Å². The molecule has 4 N–H and O–H groups in total. The first kappa shape index (κ1) is 22.7. The number of hydrogen-bond acceptors (Lipinski definition) is 4. The summed E-state index contributed by atoms with van der Waals surface area (Å²) in [5, 5.41) is 4.44. The molecule has 29 heavy (non-hydrogen) atoms. The highest BCUT2D eigenvalue weighted by Crippen LogP contribution is 2.34. The summed E-state index contributed by atoms with van der Waals surface area (Å²) in [4.78, 5) is 11.9. The van der Waals surface area contributed by atoms with Crippen LogP contribution in [0.3, 0.4) is 0 Å². The molecular weight excluding hydrogens is 385 g/mol. The molecule has 6 nitrogen and oxygen atoms in total. The topological polar surface area (TPSA) is 96.2 Å². The van der Waals surface area contributed by atoms with Gasteiger partial charge in [0.15, 0.2) is 0 Å². The summed E-state index contributed by atoms with van der Waals surface area (Å²) in [6.45, 7) is 6.40. The Hall–Kier alpha value is -2.55. The summed E-state index contributed by atoms with van der Waals surface area (Å²) < 4.78 is 45.6. The number of halogens is 3. The summed E-state index contributed by atoms with van der Waals surface area (Å²) in [7, 11) is 0. The van der Waals surface area contributed by atoms with Gasteiger partial charge in [-0.15, -0.1) is 0 Å². The molecular formula is C20H27F3N4O2. The number of hydrogen-bond donors (Lipinski definition) is 2. The third-order valence-electron chi connectivity index (χ3n) is 4.62. The number of nitrogens with zero attached hydrogens (tertiary/aromatic N) is 2. The number of nitrogens with two attached hydrogens (primary N) is 2. The molecule has 1 atom stereocenters. The lowest BCUT2D eigenvalue weighted by atomic mass is 9.95. The molecule has 1 aromatic carbocycles. The fourth-order valence-electron chi connectivity index (χ4n) is 3.17.